The number of amides is 1. The van der Waals surface area contributed by atoms with E-state index in [1.807, 2.05) is 17.5 Å². The molecule has 24 heavy (non-hydrogen) atoms. The van der Waals surface area contributed by atoms with Crippen molar-refractivity contribution in [3.8, 4) is 0 Å². The summed E-state index contributed by atoms with van der Waals surface area (Å²) in [7, 11) is 1.56. The first-order valence-corrected chi connectivity index (χ1v) is 8.31. The number of nitrogens with zero attached hydrogens (tertiary/aromatic N) is 1. The van der Waals surface area contributed by atoms with E-state index in [2.05, 4.69) is 10.6 Å². The molecular weight excluding hydrogens is 330 g/mol. The first-order valence-electron chi connectivity index (χ1n) is 7.43. The molecule has 2 aromatic rings. The maximum atomic E-state index is 12.1. The Morgan fingerprint density at radius 2 is 2.17 bits per heavy atom. The van der Waals surface area contributed by atoms with Gasteiger partial charge in [0.25, 0.3) is 11.6 Å². The van der Waals surface area contributed by atoms with Gasteiger partial charge in [0.2, 0.25) is 0 Å². The zero-order valence-corrected chi connectivity index (χ0v) is 14.1. The Bertz CT molecular complexity index is 689. The van der Waals surface area contributed by atoms with Crippen LogP contribution in [0.15, 0.2) is 35.7 Å². The molecule has 1 amide bonds. The zero-order chi connectivity index (χ0) is 17.4. The Morgan fingerprint density at radius 1 is 1.33 bits per heavy atom. The topological polar surface area (TPSA) is 93.5 Å². The Hall–Kier alpha value is -2.45. The standard InChI is InChI=1S/C16H19N3O4S/c1-23-9-8-17-14-5-4-12(11-15(14)19(21)22)16(20)18-7-6-13-3-2-10-24-13/h2-5,10-11,17H,6-9H2,1H3,(H,18,20). The van der Waals surface area contributed by atoms with Crippen molar-refractivity contribution >= 4 is 28.6 Å². The van der Waals surface area contributed by atoms with Gasteiger partial charge in [0.15, 0.2) is 0 Å². The lowest BCUT2D eigenvalue weighted by molar-refractivity contribution is -0.384. The van der Waals surface area contributed by atoms with Crippen molar-refractivity contribution in [1.29, 1.82) is 0 Å². The summed E-state index contributed by atoms with van der Waals surface area (Å²) in [5.41, 5.74) is 0.509. The number of nitro benzene ring substituents is 1. The molecule has 1 heterocycles. The zero-order valence-electron chi connectivity index (χ0n) is 13.3. The summed E-state index contributed by atoms with van der Waals surface area (Å²) in [6, 6.07) is 8.36. The number of carbonyl (C=O) groups excluding carboxylic acids is 1. The molecule has 8 heteroatoms. The molecule has 2 rings (SSSR count). The van der Waals surface area contributed by atoms with Crippen LogP contribution in [0.25, 0.3) is 0 Å². The number of rotatable bonds is 9. The average molecular weight is 349 g/mol. The third-order valence-electron chi connectivity index (χ3n) is 3.32. The van der Waals surface area contributed by atoms with Crippen molar-refractivity contribution in [3.05, 3.63) is 56.3 Å². The fraction of sp³-hybridized carbons (Fsp3) is 0.312. The van der Waals surface area contributed by atoms with Crippen LogP contribution in [0.5, 0.6) is 0 Å². The molecule has 0 unspecified atom stereocenters. The van der Waals surface area contributed by atoms with Gasteiger partial charge in [0, 0.05) is 36.7 Å². The van der Waals surface area contributed by atoms with E-state index >= 15 is 0 Å². The van der Waals surface area contributed by atoms with E-state index in [4.69, 9.17) is 4.74 Å². The van der Waals surface area contributed by atoms with E-state index in [1.54, 1.807) is 30.6 Å². The minimum atomic E-state index is -0.502. The summed E-state index contributed by atoms with van der Waals surface area (Å²) in [4.78, 5) is 24.0. The van der Waals surface area contributed by atoms with Crippen molar-refractivity contribution in [1.82, 2.24) is 5.32 Å². The van der Waals surface area contributed by atoms with Gasteiger partial charge in [0.05, 0.1) is 11.5 Å². The fourth-order valence-electron chi connectivity index (χ4n) is 2.12. The number of anilines is 1. The summed E-state index contributed by atoms with van der Waals surface area (Å²) >= 11 is 1.63. The second-order valence-electron chi connectivity index (χ2n) is 4.99. The van der Waals surface area contributed by atoms with Crippen LogP contribution < -0.4 is 10.6 Å². The van der Waals surface area contributed by atoms with Crippen LogP contribution >= 0.6 is 11.3 Å². The van der Waals surface area contributed by atoms with Gasteiger partial charge < -0.3 is 15.4 Å². The van der Waals surface area contributed by atoms with Gasteiger partial charge in [-0.25, -0.2) is 0 Å². The molecule has 0 aliphatic carbocycles. The molecular formula is C16H19N3O4S. The van der Waals surface area contributed by atoms with Crippen molar-refractivity contribution in [2.75, 3.05) is 32.1 Å². The van der Waals surface area contributed by atoms with Crippen molar-refractivity contribution in [3.63, 3.8) is 0 Å². The number of hydrogen-bond acceptors (Lipinski definition) is 6. The highest BCUT2D eigenvalue weighted by atomic mass is 32.1. The van der Waals surface area contributed by atoms with Crippen LogP contribution in [0.1, 0.15) is 15.2 Å². The van der Waals surface area contributed by atoms with E-state index < -0.39 is 4.92 Å². The second-order valence-corrected chi connectivity index (χ2v) is 6.03. The highest BCUT2D eigenvalue weighted by Crippen LogP contribution is 2.25. The van der Waals surface area contributed by atoms with E-state index in [-0.39, 0.29) is 17.2 Å². The van der Waals surface area contributed by atoms with Gasteiger partial charge in [-0.1, -0.05) is 6.07 Å². The van der Waals surface area contributed by atoms with Gasteiger partial charge in [-0.2, -0.15) is 0 Å². The molecule has 1 aromatic heterocycles. The molecule has 7 nitrogen and oxygen atoms in total. The SMILES string of the molecule is COCCNc1ccc(C(=O)NCCc2cccs2)cc1[N+](=O)[O-]. The molecule has 128 valence electrons. The fourth-order valence-corrected chi connectivity index (χ4v) is 2.83. The van der Waals surface area contributed by atoms with Crippen LogP contribution in [0, 0.1) is 10.1 Å². The van der Waals surface area contributed by atoms with Crippen LogP contribution in [0.4, 0.5) is 11.4 Å². The molecule has 0 bridgehead atoms. The van der Waals surface area contributed by atoms with E-state index in [9.17, 15) is 14.9 Å². The monoisotopic (exact) mass is 349 g/mol. The van der Waals surface area contributed by atoms with Gasteiger partial charge >= 0.3 is 0 Å². The number of benzene rings is 1. The molecule has 0 saturated heterocycles. The maximum Gasteiger partial charge on any atom is 0.293 e. The van der Waals surface area contributed by atoms with Gasteiger partial charge in [0.1, 0.15) is 5.69 Å². The lowest BCUT2D eigenvalue weighted by Gasteiger charge is -2.09. The summed E-state index contributed by atoms with van der Waals surface area (Å²) in [5.74, 6) is -0.321. The predicted octanol–water partition coefficient (Wildman–Crippen LogP) is 2.69. The Morgan fingerprint density at radius 3 is 2.83 bits per heavy atom. The van der Waals surface area contributed by atoms with Crippen LogP contribution in [0.3, 0.4) is 0 Å². The molecule has 0 radical (unpaired) electrons. The number of hydrogen-bond donors (Lipinski definition) is 2. The summed E-state index contributed by atoms with van der Waals surface area (Å²) in [6.07, 6.45) is 0.738. The number of carbonyl (C=O) groups is 1. The number of nitrogens with one attached hydrogen (secondary N) is 2. The average Bonchev–Trinajstić information content (AvgIpc) is 3.08. The predicted molar refractivity (Wildman–Crippen MR) is 93.8 cm³/mol. The van der Waals surface area contributed by atoms with Crippen LogP contribution in [-0.4, -0.2) is 37.6 Å². The summed E-state index contributed by atoms with van der Waals surface area (Å²) < 4.78 is 4.91. The van der Waals surface area contributed by atoms with Gasteiger partial charge in [-0.15, -0.1) is 11.3 Å². The minimum absolute atomic E-state index is 0.128. The van der Waals surface area contributed by atoms with E-state index in [0.717, 1.165) is 6.42 Å². The molecule has 0 saturated carbocycles. The summed E-state index contributed by atoms with van der Waals surface area (Å²) in [6.45, 7) is 1.37. The lowest BCUT2D eigenvalue weighted by Crippen LogP contribution is -2.25. The third kappa shape index (κ3) is 5.04. The van der Waals surface area contributed by atoms with Crippen molar-refractivity contribution in [2.24, 2.45) is 0 Å². The molecule has 0 spiro atoms. The smallest absolute Gasteiger partial charge is 0.293 e. The maximum absolute atomic E-state index is 12.1. The van der Waals surface area contributed by atoms with Crippen LogP contribution in [0.2, 0.25) is 0 Å². The van der Waals surface area contributed by atoms with Crippen molar-refractivity contribution in [2.45, 2.75) is 6.42 Å². The third-order valence-corrected chi connectivity index (χ3v) is 4.25. The van der Waals surface area contributed by atoms with E-state index in [0.29, 0.717) is 25.4 Å². The minimum Gasteiger partial charge on any atom is -0.383 e. The Balaban J connectivity index is 1.99. The Labute approximate surface area is 143 Å². The molecule has 0 aliphatic heterocycles. The molecule has 2 N–H and O–H groups in total. The number of methoxy groups -OCH3 is 1. The second kappa shape index (κ2) is 8.99. The molecule has 0 fully saturated rings. The first kappa shape index (κ1) is 17.9. The van der Waals surface area contributed by atoms with Crippen LogP contribution in [-0.2, 0) is 11.2 Å². The lowest BCUT2D eigenvalue weighted by atomic mass is 10.1. The normalized spacial score (nSPS) is 10.4. The molecule has 0 atom stereocenters. The molecule has 1 aromatic carbocycles. The van der Waals surface area contributed by atoms with Crippen molar-refractivity contribution < 1.29 is 14.5 Å². The highest BCUT2D eigenvalue weighted by Gasteiger charge is 2.17. The van der Waals surface area contributed by atoms with Gasteiger partial charge in [-0.05, 0) is 30.0 Å². The number of thiophene rings is 1. The Kier molecular flexibility index (Phi) is 6.71. The quantitative estimate of drug-likeness (QED) is 0.412. The summed E-state index contributed by atoms with van der Waals surface area (Å²) in [5, 5.41) is 18.9. The number of ether oxygens (including phenoxy) is 1. The number of nitro groups is 1. The first-order chi connectivity index (χ1) is 11.6. The molecule has 0 aliphatic rings. The largest absolute Gasteiger partial charge is 0.383 e. The highest BCUT2D eigenvalue weighted by molar-refractivity contribution is 7.09. The van der Waals surface area contributed by atoms with E-state index in [1.165, 1.54) is 10.9 Å². The van der Waals surface area contributed by atoms with Gasteiger partial charge in [-0.3, -0.25) is 14.9 Å².